The molecule has 106 valence electrons. The van der Waals surface area contributed by atoms with Gasteiger partial charge < -0.3 is 10.1 Å². The second-order valence-corrected chi connectivity index (χ2v) is 4.16. The first-order chi connectivity index (χ1) is 9.49. The Balaban J connectivity index is 2.13. The van der Waals surface area contributed by atoms with Crippen LogP contribution < -0.4 is 10.1 Å². The quantitative estimate of drug-likeness (QED) is 0.930. The SMILES string of the molecule is CNCc1ccc(Oc2cc(C(F)(F)F)ccn2)cc1. The van der Waals surface area contributed by atoms with Crippen LogP contribution in [0.25, 0.3) is 0 Å². The molecule has 3 nitrogen and oxygen atoms in total. The van der Waals surface area contributed by atoms with Crippen LogP contribution in [0, 0.1) is 0 Å². The monoisotopic (exact) mass is 282 g/mol. The lowest BCUT2D eigenvalue weighted by atomic mass is 10.2. The summed E-state index contributed by atoms with van der Waals surface area (Å²) in [7, 11) is 1.83. The molecule has 2 rings (SSSR count). The first kappa shape index (κ1) is 14.3. The van der Waals surface area contributed by atoms with Gasteiger partial charge in [-0.3, -0.25) is 0 Å². The Labute approximate surface area is 114 Å². The fourth-order valence-electron chi connectivity index (χ4n) is 1.64. The number of halogens is 3. The van der Waals surface area contributed by atoms with Gasteiger partial charge in [-0.05, 0) is 30.8 Å². The van der Waals surface area contributed by atoms with Crippen molar-refractivity contribution in [2.24, 2.45) is 0 Å². The van der Waals surface area contributed by atoms with Crippen molar-refractivity contribution < 1.29 is 17.9 Å². The smallest absolute Gasteiger partial charge is 0.416 e. The summed E-state index contributed by atoms with van der Waals surface area (Å²) in [5.74, 6) is 0.359. The van der Waals surface area contributed by atoms with Gasteiger partial charge in [0.1, 0.15) is 5.75 Å². The van der Waals surface area contributed by atoms with E-state index in [1.165, 1.54) is 0 Å². The van der Waals surface area contributed by atoms with E-state index in [1.54, 1.807) is 12.1 Å². The Morgan fingerprint density at radius 3 is 2.45 bits per heavy atom. The van der Waals surface area contributed by atoms with Crippen molar-refractivity contribution in [2.75, 3.05) is 7.05 Å². The van der Waals surface area contributed by atoms with Crippen LogP contribution in [0.15, 0.2) is 42.6 Å². The number of rotatable bonds is 4. The van der Waals surface area contributed by atoms with E-state index in [4.69, 9.17) is 4.74 Å². The van der Waals surface area contributed by atoms with Gasteiger partial charge in [0.2, 0.25) is 5.88 Å². The van der Waals surface area contributed by atoms with Gasteiger partial charge >= 0.3 is 6.18 Å². The lowest BCUT2D eigenvalue weighted by Crippen LogP contribution is -2.05. The van der Waals surface area contributed by atoms with Crippen molar-refractivity contribution >= 4 is 0 Å². The van der Waals surface area contributed by atoms with Crippen LogP contribution in [0.2, 0.25) is 0 Å². The number of hydrogen-bond donors (Lipinski definition) is 1. The van der Waals surface area contributed by atoms with Crippen LogP contribution in [-0.4, -0.2) is 12.0 Å². The van der Waals surface area contributed by atoms with Crippen LogP contribution >= 0.6 is 0 Å². The summed E-state index contributed by atoms with van der Waals surface area (Å²) >= 11 is 0. The summed E-state index contributed by atoms with van der Waals surface area (Å²) in [5, 5.41) is 3.00. The largest absolute Gasteiger partial charge is 0.439 e. The summed E-state index contributed by atoms with van der Waals surface area (Å²) in [4.78, 5) is 3.77. The molecule has 6 heteroatoms. The van der Waals surface area contributed by atoms with Crippen LogP contribution in [-0.2, 0) is 12.7 Å². The summed E-state index contributed by atoms with van der Waals surface area (Å²) in [6, 6.07) is 8.83. The molecule has 0 unspecified atom stereocenters. The number of nitrogens with zero attached hydrogens (tertiary/aromatic N) is 1. The van der Waals surface area contributed by atoms with Crippen LogP contribution in [0.1, 0.15) is 11.1 Å². The Bertz CT molecular complexity index is 567. The molecule has 0 aliphatic carbocycles. The summed E-state index contributed by atoms with van der Waals surface area (Å²) in [6.07, 6.45) is -3.33. The molecular weight excluding hydrogens is 269 g/mol. The molecule has 0 radical (unpaired) electrons. The molecule has 0 saturated heterocycles. The Morgan fingerprint density at radius 1 is 1.15 bits per heavy atom. The molecule has 2 aromatic rings. The predicted molar refractivity (Wildman–Crippen MR) is 68.5 cm³/mol. The number of benzene rings is 1. The van der Waals surface area contributed by atoms with Gasteiger partial charge in [0.15, 0.2) is 0 Å². The van der Waals surface area contributed by atoms with Gasteiger partial charge in [-0.15, -0.1) is 0 Å². The minimum atomic E-state index is -4.41. The molecule has 0 spiro atoms. The molecule has 0 aliphatic heterocycles. The highest BCUT2D eigenvalue weighted by Gasteiger charge is 2.30. The Hall–Kier alpha value is -2.08. The minimum Gasteiger partial charge on any atom is -0.439 e. The maximum Gasteiger partial charge on any atom is 0.416 e. The van der Waals surface area contributed by atoms with Crippen LogP contribution in [0.5, 0.6) is 11.6 Å². The van der Waals surface area contributed by atoms with E-state index in [9.17, 15) is 13.2 Å². The van der Waals surface area contributed by atoms with Gasteiger partial charge in [-0.1, -0.05) is 12.1 Å². The number of pyridine rings is 1. The van der Waals surface area contributed by atoms with Gasteiger partial charge in [0.25, 0.3) is 0 Å². The zero-order valence-electron chi connectivity index (χ0n) is 10.7. The molecule has 0 atom stereocenters. The fraction of sp³-hybridized carbons (Fsp3) is 0.214. The molecule has 0 saturated carbocycles. The molecule has 0 bridgehead atoms. The van der Waals surface area contributed by atoms with Crippen LogP contribution in [0.3, 0.4) is 0 Å². The molecule has 1 aromatic carbocycles. The van der Waals surface area contributed by atoms with E-state index >= 15 is 0 Å². The zero-order valence-corrected chi connectivity index (χ0v) is 10.7. The van der Waals surface area contributed by atoms with E-state index < -0.39 is 11.7 Å². The average Bonchev–Trinajstić information content (AvgIpc) is 2.41. The van der Waals surface area contributed by atoms with Crippen molar-refractivity contribution in [1.82, 2.24) is 10.3 Å². The second-order valence-electron chi connectivity index (χ2n) is 4.16. The van der Waals surface area contributed by atoms with Crippen molar-refractivity contribution in [3.63, 3.8) is 0 Å². The molecule has 20 heavy (non-hydrogen) atoms. The van der Waals surface area contributed by atoms with Crippen molar-refractivity contribution in [2.45, 2.75) is 12.7 Å². The standard InChI is InChI=1S/C14H13F3N2O/c1-18-9-10-2-4-12(5-3-10)20-13-8-11(6-7-19-13)14(15,16)17/h2-8,18H,9H2,1H3. The van der Waals surface area contributed by atoms with Crippen molar-refractivity contribution in [1.29, 1.82) is 0 Å². The maximum atomic E-state index is 12.6. The number of aromatic nitrogens is 1. The number of hydrogen-bond acceptors (Lipinski definition) is 3. The summed E-state index contributed by atoms with van der Waals surface area (Å²) in [6.45, 7) is 0.710. The Kier molecular flexibility index (Phi) is 4.24. The normalized spacial score (nSPS) is 11.4. The van der Waals surface area contributed by atoms with Gasteiger partial charge in [-0.2, -0.15) is 13.2 Å². The molecule has 1 aromatic heterocycles. The highest BCUT2D eigenvalue weighted by atomic mass is 19.4. The zero-order chi connectivity index (χ0) is 14.6. The minimum absolute atomic E-state index is 0.0822. The average molecular weight is 282 g/mol. The molecule has 0 amide bonds. The van der Waals surface area contributed by atoms with E-state index in [0.29, 0.717) is 12.3 Å². The highest BCUT2D eigenvalue weighted by Crippen LogP contribution is 2.31. The third-order valence-corrected chi connectivity index (χ3v) is 2.59. The number of nitrogens with one attached hydrogen (secondary N) is 1. The summed E-state index contributed by atoms with van der Waals surface area (Å²) in [5.41, 5.74) is 0.270. The molecule has 1 N–H and O–H groups in total. The van der Waals surface area contributed by atoms with Gasteiger partial charge in [-0.25, -0.2) is 4.98 Å². The predicted octanol–water partition coefficient (Wildman–Crippen LogP) is 3.61. The molecule has 0 fully saturated rings. The third kappa shape index (κ3) is 3.71. The first-order valence-electron chi connectivity index (χ1n) is 5.93. The lowest BCUT2D eigenvalue weighted by molar-refractivity contribution is -0.137. The lowest BCUT2D eigenvalue weighted by Gasteiger charge is -2.09. The third-order valence-electron chi connectivity index (χ3n) is 2.59. The van der Waals surface area contributed by atoms with E-state index in [0.717, 1.165) is 23.9 Å². The van der Waals surface area contributed by atoms with E-state index in [2.05, 4.69) is 10.3 Å². The van der Waals surface area contributed by atoms with Gasteiger partial charge in [0, 0.05) is 18.8 Å². The summed E-state index contributed by atoms with van der Waals surface area (Å²) < 4.78 is 43.0. The van der Waals surface area contributed by atoms with E-state index in [-0.39, 0.29) is 5.88 Å². The van der Waals surface area contributed by atoms with Crippen molar-refractivity contribution in [3.05, 3.63) is 53.7 Å². The fourth-order valence-corrected chi connectivity index (χ4v) is 1.64. The molecular formula is C14H13F3N2O. The number of ether oxygens (including phenoxy) is 1. The Morgan fingerprint density at radius 2 is 1.85 bits per heavy atom. The topological polar surface area (TPSA) is 34.1 Å². The van der Waals surface area contributed by atoms with Gasteiger partial charge in [0.05, 0.1) is 5.56 Å². The van der Waals surface area contributed by atoms with E-state index in [1.807, 2.05) is 19.2 Å². The van der Waals surface area contributed by atoms with Crippen LogP contribution in [0.4, 0.5) is 13.2 Å². The first-order valence-corrected chi connectivity index (χ1v) is 5.93. The second kappa shape index (κ2) is 5.92. The van der Waals surface area contributed by atoms with Crippen molar-refractivity contribution in [3.8, 4) is 11.6 Å². The highest BCUT2D eigenvalue weighted by molar-refractivity contribution is 5.32. The maximum absolute atomic E-state index is 12.6. The number of alkyl halides is 3. The molecule has 0 aliphatic rings. The molecule has 1 heterocycles.